The number of benzene rings is 2. The molecular weight excluding hydrogens is 326 g/mol. The summed E-state index contributed by atoms with van der Waals surface area (Å²) < 4.78 is 5.35. The van der Waals surface area contributed by atoms with Crippen LogP contribution in [0.4, 0.5) is 5.69 Å². The highest BCUT2D eigenvalue weighted by atomic mass is 35.5. The van der Waals surface area contributed by atoms with E-state index in [0.29, 0.717) is 29.7 Å². The number of hydrogen-bond acceptors (Lipinski definition) is 4. The summed E-state index contributed by atoms with van der Waals surface area (Å²) in [6.07, 6.45) is 0.371. The van der Waals surface area contributed by atoms with Crippen LogP contribution in [-0.4, -0.2) is 22.6 Å². The van der Waals surface area contributed by atoms with Gasteiger partial charge in [0.25, 0.3) is 5.89 Å². The molecule has 2 heterocycles. The lowest BCUT2D eigenvalue weighted by molar-refractivity contribution is -0.117. The lowest BCUT2D eigenvalue weighted by Gasteiger charge is -2.16. The Morgan fingerprint density at radius 3 is 2.58 bits per heavy atom. The Bertz CT molecular complexity index is 861. The molecule has 4 rings (SSSR count). The Morgan fingerprint density at radius 2 is 1.83 bits per heavy atom. The molecule has 0 bridgehead atoms. The molecule has 1 amide bonds. The van der Waals surface area contributed by atoms with E-state index in [2.05, 4.69) is 10.1 Å². The normalized spacial score (nSPS) is 17.5. The van der Waals surface area contributed by atoms with Gasteiger partial charge in [-0.3, -0.25) is 4.79 Å². The fraction of sp³-hybridized carbons (Fsp3) is 0.167. The van der Waals surface area contributed by atoms with E-state index >= 15 is 0 Å². The van der Waals surface area contributed by atoms with Gasteiger partial charge in [0.05, 0.1) is 0 Å². The van der Waals surface area contributed by atoms with Gasteiger partial charge in [-0.2, -0.15) is 4.98 Å². The molecule has 3 aromatic rings. The van der Waals surface area contributed by atoms with Crippen LogP contribution >= 0.6 is 11.6 Å². The summed E-state index contributed by atoms with van der Waals surface area (Å²) >= 11 is 5.90. The average Bonchev–Trinajstić information content (AvgIpc) is 3.23. The summed E-state index contributed by atoms with van der Waals surface area (Å²) in [5.74, 6) is 1.02. The maximum Gasteiger partial charge on any atom is 0.257 e. The van der Waals surface area contributed by atoms with Gasteiger partial charge in [-0.05, 0) is 36.4 Å². The molecular formula is C18H14ClN3O2. The molecule has 24 heavy (non-hydrogen) atoms. The lowest BCUT2D eigenvalue weighted by Crippen LogP contribution is -2.24. The monoisotopic (exact) mass is 339 g/mol. The molecule has 1 atom stereocenters. The van der Waals surface area contributed by atoms with E-state index in [0.717, 1.165) is 11.3 Å². The predicted molar refractivity (Wildman–Crippen MR) is 90.9 cm³/mol. The average molecular weight is 340 g/mol. The minimum Gasteiger partial charge on any atom is -0.334 e. The molecule has 5 nitrogen and oxygen atoms in total. The highest BCUT2D eigenvalue weighted by Gasteiger charge is 2.34. The zero-order valence-electron chi connectivity index (χ0n) is 12.7. The van der Waals surface area contributed by atoms with E-state index in [1.807, 2.05) is 42.5 Å². The smallest absolute Gasteiger partial charge is 0.257 e. The molecule has 1 aliphatic heterocycles. The fourth-order valence-corrected chi connectivity index (χ4v) is 2.98. The number of halogens is 1. The highest BCUT2D eigenvalue weighted by Crippen LogP contribution is 2.31. The molecule has 2 aromatic carbocycles. The largest absolute Gasteiger partial charge is 0.334 e. The van der Waals surface area contributed by atoms with Crippen molar-refractivity contribution in [1.29, 1.82) is 0 Å². The minimum atomic E-state index is -0.0746. The van der Waals surface area contributed by atoms with E-state index < -0.39 is 0 Å². The summed E-state index contributed by atoms with van der Waals surface area (Å²) in [6.45, 7) is 0.536. The van der Waals surface area contributed by atoms with E-state index in [1.54, 1.807) is 17.0 Å². The van der Waals surface area contributed by atoms with Crippen molar-refractivity contribution < 1.29 is 9.32 Å². The molecule has 1 saturated heterocycles. The molecule has 0 aliphatic carbocycles. The Morgan fingerprint density at radius 1 is 1.08 bits per heavy atom. The van der Waals surface area contributed by atoms with Crippen molar-refractivity contribution in [1.82, 2.24) is 10.1 Å². The molecule has 1 aromatic heterocycles. The van der Waals surface area contributed by atoms with E-state index in [4.69, 9.17) is 16.1 Å². The summed E-state index contributed by atoms with van der Waals surface area (Å²) in [5.41, 5.74) is 1.70. The summed E-state index contributed by atoms with van der Waals surface area (Å²) in [7, 11) is 0. The van der Waals surface area contributed by atoms with Crippen LogP contribution in [0.1, 0.15) is 18.2 Å². The zero-order valence-corrected chi connectivity index (χ0v) is 13.5. The number of nitrogens with zero attached hydrogens (tertiary/aromatic N) is 3. The van der Waals surface area contributed by atoms with Gasteiger partial charge in [0, 0.05) is 35.2 Å². The second-order valence-electron chi connectivity index (χ2n) is 5.71. The van der Waals surface area contributed by atoms with Gasteiger partial charge < -0.3 is 9.42 Å². The Kier molecular flexibility index (Phi) is 3.78. The number of anilines is 1. The van der Waals surface area contributed by atoms with Gasteiger partial charge in [0.15, 0.2) is 5.82 Å². The molecule has 6 heteroatoms. The maximum atomic E-state index is 12.3. The third kappa shape index (κ3) is 2.78. The number of hydrogen-bond donors (Lipinski definition) is 0. The number of aromatic nitrogens is 2. The Balaban J connectivity index is 1.55. The Hall–Kier alpha value is -2.66. The second kappa shape index (κ2) is 6.09. The Labute approximate surface area is 143 Å². The summed E-state index contributed by atoms with van der Waals surface area (Å²) in [4.78, 5) is 18.5. The van der Waals surface area contributed by atoms with Crippen LogP contribution in [-0.2, 0) is 4.79 Å². The van der Waals surface area contributed by atoms with Gasteiger partial charge in [-0.1, -0.05) is 35.0 Å². The van der Waals surface area contributed by atoms with Crippen LogP contribution in [0.2, 0.25) is 5.02 Å². The zero-order chi connectivity index (χ0) is 16.5. The molecule has 0 unspecified atom stereocenters. The first-order valence-electron chi connectivity index (χ1n) is 7.65. The van der Waals surface area contributed by atoms with Gasteiger partial charge in [-0.15, -0.1) is 0 Å². The van der Waals surface area contributed by atoms with Gasteiger partial charge >= 0.3 is 0 Å². The standard InChI is InChI=1S/C18H14ClN3O2/c19-14-6-8-15(9-7-14)22-11-13(10-16(22)23)17-20-18(24-21-17)12-4-2-1-3-5-12/h1-9,13H,10-11H2/t13-/m1/s1. The van der Waals surface area contributed by atoms with Crippen molar-refractivity contribution in [2.24, 2.45) is 0 Å². The second-order valence-corrected chi connectivity index (χ2v) is 6.14. The van der Waals surface area contributed by atoms with Crippen molar-refractivity contribution in [2.45, 2.75) is 12.3 Å². The quantitative estimate of drug-likeness (QED) is 0.726. The predicted octanol–water partition coefficient (Wildman–Crippen LogP) is 3.91. The van der Waals surface area contributed by atoms with E-state index in [-0.39, 0.29) is 11.8 Å². The van der Waals surface area contributed by atoms with Crippen molar-refractivity contribution in [3.8, 4) is 11.5 Å². The number of carbonyl (C=O) groups excluding carboxylic acids is 1. The van der Waals surface area contributed by atoms with Gasteiger partial charge in [-0.25, -0.2) is 0 Å². The van der Waals surface area contributed by atoms with Gasteiger partial charge in [0.1, 0.15) is 0 Å². The van der Waals surface area contributed by atoms with Crippen LogP contribution in [0, 0.1) is 0 Å². The fourth-order valence-electron chi connectivity index (χ4n) is 2.85. The SMILES string of the molecule is O=C1C[C@@H](c2noc(-c3ccccc3)n2)CN1c1ccc(Cl)cc1. The molecule has 0 saturated carbocycles. The first-order chi connectivity index (χ1) is 11.7. The van der Waals surface area contributed by atoms with Gasteiger partial charge in [0.2, 0.25) is 5.91 Å². The topological polar surface area (TPSA) is 59.2 Å². The third-order valence-electron chi connectivity index (χ3n) is 4.09. The van der Waals surface area contributed by atoms with Crippen molar-refractivity contribution in [2.75, 3.05) is 11.4 Å². The number of carbonyl (C=O) groups is 1. The third-order valence-corrected chi connectivity index (χ3v) is 4.34. The van der Waals surface area contributed by atoms with Crippen LogP contribution < -0.4 is 4.90 Å². The highest BCUT2D eigenvalue weighted by molar-refractivity contribution is 6.30. The van der Waals surface area contributed by atoms with Crippen molar-refractivity contribution in [3.05, 3.63) is 65.4 Å². The van der Waals surface area contributed by atoms with Crippen LogP contribution in [0.5, 0.6) is 0 Å². The van der Waals surface area contributed by atoms with Crippen LogP contribution in [0.15, 0.2) is 59.1 Å². The first kappa shape index (κ1) is 14.9. The lowest BCUT2D eigenvalue weighted by atomic mass is 10.1. The molecule has 0 N–H and O–H groups in total. The first-order valence-corrected chi connectivity index (χ1v) is 8.03. The van der Waals surface area contributed by atoms with E-state index in [1.165, 1.54) is 0 Å². The molecule has 1 fully saturated rings. The van der Waals surface area contributed by atoms with Crippen molar-refractivity contribution in [3.63, 3.8) is 0 Å². The minimum absolute atomic E-state index is 0.0494. The summed E-state index contributed by atoms with van der Waals surface area (Å²) in [6, 6.07) is 16.8. The molecule has 1 aliphatic rings. The number of amides is 1. The number of rotatable bonds is 3. The van der Waals surface area contributed by atoms with Crippen LogP contribution in [0.25, 0.3) is 11.5 Å². The van der Waals surface area contributed by atoms with E-state index in [9.17, 15) is 4.79 Å². The maximum absolute atomic E-state index is 12.3. The van der Waals surface area contributed by atoms with Crippen molar-refractivity contribution >= 4 is 23.2 Å². The molecule has 0 spiro atoms. The molecule has 120 valence electrons. The summed E-state index contributed by atoms with van der Waals surface area (Å²) in [5, 5.41) is 4.71. The van der Waals surface area contributed by atoms with Crippen LogP contribution in [0.3, 0.4) is 0 Å². The molecule has 0 radical (unpaired) electrons.